The Morgan fingerprint density at radius 1 is 1.15 bits per heavy atom. The Morgan fingerprint density at radius 3 is 2.69 bits per heavy atom. The Labute approximate surface area is 154 Å². The number of ether oxygens (including phenoxy) is 3. The van der Waals surface area contributed by atoms with Crippen molar-refractivity contribution in [2.24, 2.45) is 4.99 Å². The van der Waals surface area contributed by atoms with Crippen LogP contribution in [0.4, 0.5) is 0 Å². The van der Waals surface area contributed by atoms with Crippen molar-refractivity contribution in [2.45, 2.75) is 13.5 Å². The van der Waals surface area contributed by atoms with Gasteiger partial charge in [-0.1, -0.05) is 12.1 Å². The van der Waals surface area contributed by atoms with E-state index in [-0.39, 0.29) is 0 Å². The molecule has 7 nitrogen and oxygen atoms in total. The first-order chi connectivity index (χ1) is 12.7. The van der Waals surface area contributed by atoms with Crippen molar-refractivity contribution in [3.8, 4) is 17.4 Å². The van der Waals surface area contributed by atoms with Crippen LogP contribution in [0.1, 0.15) is 12.5 Å². The van der Waals surface area contributed by atoms with E-state index in [4.69, 9.17) is 14.2 Å². The number of hydrogen-bond acceptors (Lipinski definition) is 5. The number of aromatic nitrogens is 1. The maximum atomic E-state index is 5.74. The number of rotatable bonds is 9. The quantitative estimate of drug-likeness (QED) is 0.408. The number of guanidine groups is 1. The number of nitrogens with zero attached hydrogens (tertiary/aromatic N) is 2. The number of methoxy groups -OCH3 is 1. The average molecular weight is 358 g/mol. The van der Waals surface area contributed by atoms with Crippen molar-refractivity contribution in [1.29, 1.82) is 0 Å². The monoisotopic (exact) mass is 358 g/mol. The van der Waals surface area contributed by atoms with E-state index in [1.807, 2.05) is 43.3 Å². The molecule has 26 heavy (non-hydrogen) atoms. The molecule has 0 unspecified atom stereocenters. The molecule has 0 fully saturated rings. The lowest BCUT2D eigenvalue weighted by molar-refractivity contribution is 0.152. The van der Waals surface area contributed by atoms with Crippen LogP contribution in [-0.4, -0.2) is 44.9 Å². The standard InChI is InChI=1S/C19H26N4O3/c1-4-25-11-10-21-19(20-2)23-14-15-8-9-18(22-13-15)26-17-7-5-6-16(12-17)24-3/h5-9,12-13H,4,10-11,14H2,1-3H3,(H2,20,21,23). The van der Waals surface area contributed by atoms with Gasteiger partial charge in [-0.05, 0) is 24.6 Å². The predicted octanol–water partition coefficient (Wildman–Crippen LogP) is 2.58. The van der Waals surface area contributed by atoms with Gasteiger partial charge in [-0.15, -0.1) is 0 Å². The zero-order valence-corrected chi connectivity index (χ0v) is 15.5. The van der Waals surface area contributed by atoms with Gasteiger partial charge in [0.15, 0.2) is 5.96 Å². The molecule has 2 rings (SSSR count). The maximum Gasteiger partial charge on any atom is 0.219 e. The smallest absolute Gasteiger partial charge is 0.219 e. The van der Waals surface area contributed by atoms with Gasteiger partial charge in [0, 0.05) is 45.1 Å². The fourth-order valence-corrected chi connectivity index (χ4v) is 2.15. The minimum absolute atomic E-state index is 0.529. The summed E-state index contributed by atoms with van der Waals surface area (Å²) in [6.07, 6.45) is 1.77. The molecular formula is C19H26N4O3. The van der Waals surface area contributed by atoms with Crippen LogP contribution in [-0.2, 0) is 11.3 Å². The highest BCUT2D eigenvalue weighted by Crippen LogP contribution is 2.23. The third-order valence-corrected chi connectivity index (χ3v) is 3.49. The van der Waals surface area contributed by atoms with Crippen LogP contribution in [0.2, 0.25) is 0 Å². The number of hydrogen-bond donors (Lipinski definition) is 2. The van der Waals surface area contributed by atoms with Gasteiger partial charge in [0.1, 0.15) is 11.5 Å². The van der Waals surface area contributed by atoms with Crippen molar-refractivity contribution in [3.05, 3.63) is 48.2 Å². The first-order valence-electron chi connectivity index (χ1n) is 8.54. The largest absolute Gasteiger partial charge is 0.497 e. The van der Waals surface area contributed by atoms with Gasteiger partial charge >= 0.3 is 0 Å². The average Bonchev–Trinajstić information content (AvgIpc) is 2.69. The molecule has 0 saturated carbocycles. The Balaban J connectivity index is 1.82. The lowest BCUT2D eigenvalue weighted by Crippen LogP contribution is -2.38. The van der Waals surface area contributed by atoms with Gasteiger partial charge in [-0.3, -0.25) is 4.99 Å². The van der Waals surface area contributed by atoms with Crippen LogP contribution in [0.5, 0.6) is 17.4 Å². The topological polar surface area (TPSA) is 77.0 Å². The highest BCUT2D eigenvalue weighted by molar-refractivity contribution is 5.79. The summed E-state index contributed by atoms with van der Waals surface area (Å²) in [5.74, 6) is 2.68. The summed E-state index contributed by atoms with van der Waals surface area (Å²) in [5, 5.41) is 6.42. The molecule has 0 aliphatic heterocycles. The lowest BCUT2D eigenvalue weighted by atomic mass is 10.3. The van der Waals surface area contributed by atoms with Gasteiger partial charge in [-0.25, -0.2) is 4.98 Å². The highest BCUT2D eigenvalue weighted by Gasteiger charge is 2.02. The van der Waals surface area contributed by atoms with E-state index in [9.17, 15) is 0 Å². The zero-order valence-electron chi connectivity index (χ0n) is 15.5. The number of pyridine rings is 1. The van der Waals surface area contributed by atoms with Gasteiger partial charge in [-0.2, -0.15) is 0 Å². The van der Waals surface area contributed by atoms with Crippen molar-refractivity contribution < 1.29 is 14.2 Å². The Kier molecular flexibility index (Phi) is 8.21. The zero-order chi connectivity index (χ0) is 18.6. The van der Waals surface area contributed by atoms with Crippen molar-refractivity contribution in [1.82, 2.24) is 15.6 Å². The molecule has 140 valence electrons. The van der Waals surface area contributed by atoms with Gasteiger partial charge in [0.05, 0.1) is 13.7 Å². The molecular weight excluding hydrogens is 332 g/mol. The first-order valence-corrected chi connectivity index (χ1v) is 8.54. The summed E-state index contributed by atoms with van der Waals surface area (Å²) in [7, 11) is 3.36. The molecule has 0 aliphatic carbocycles. The van der Waals surface area contributed by atoms with Crippen molar-refractivity contribution in [2.75, 3.05) is 33.9 Å². The van der Waals surface area contributed by atoms with Gasteiger partial charge < -0.3 is 24.8 Å². The van der Waals surface area contributed by atoms with Gasteiger partial charge in [0.2, 0.25) is 5.88 Å². The summed E-state index contributed by atoms with van der Waals surface area (Å²) in [4.78, 5) is 8.51. The summed E-state index contributed by atoms with van der Waals surface area (Å²) in [6.45, 7) is 4.65. The molecule has 0 atom stereocenters. The summed E-state index contributed by atoms with van der Waals surface area (Å²) in [5.41, 5.74) is 1.02. The van der Waals surface area contributed by atoms with Crippen LogP contribution in [0.3, 0.4) is 0 Å². The number of nitrogens with one attached hydrogen (secondary N) is 2. The van der Waals surface area contributed by atoms with Crippen LogP contribution in [0.15, 0.2) is 47.6 Å². The molecule has 2 N–H and O–H groups in total. The van der Waals surface area contributed by atoms with Crippen LogP contribution in [0, 0.1) is 0 Å². The van der Waals surface area contributed by atoms with Crippen LogP contribution < -0.4 is 20.1 Å². The second-order valence-electron chi connectivity index (χ2n) is 5.34. The van der Waals surface area contributed by atoms with Crippen LogP contribution in [0.25, 0.3) is 0 Å². The van der Waals surface area contributed by atoms with E-state index in [2.05, 4.69) is 20.6 Å². The molecule has 1 aromatic carbocycles. The van der Waals surface area contributed by atoms with E-state index < -0.39 is 0 Å². The fraction of sp³-hybridized carbons (Fsp3) is 0.368. The number of benzene rings is 1. The molecule has 0 saturated heterocycles. The van der Waals surface area contributed by atoms with E-state index in [1.54, 1.807) is 20.4 Å². The van der Waals surface area contributed by atoms with Crippen molar-refractivity contribution in [3.63, 3.8) is 0 Å². The Hall–Kier alpha value is -2.80. The first kappa shape index (κ1) is 19.5. The second kappa shape index (κ2) is 10.9. The fourth-order valence-electron chi connectivity index (χ4n) is 2.15. The van der Waals surface area contributed by atoms with E-state index in [1.165, 1.54) is 0 Å². The summed E-state index contributed by atoms with van der Waals surface area (Å²) >= 11 is 0. The maximum absolute atomic E-state index is 5.74. The number of aliphatic imine (C=N–C) groups is 1. The minimum atomic E-state index is 0.529. The lowest BCUT2D eigenvalue weighted by Gasteiger charge is -2.12. The summed E-state index contributed by atoms with van der Waals surface area (Å²) < 4.78 is 16.2. The highest BCUT2D eigenvalue weighted by atomic mass is 16.5. The molecule has 0 spiro atoms. The Bertz CT molecular complexity index is 689. The van der Waals surface area contributed by atoms with E-state index in [0.717, 1.165) is 17.3 Å². The molecule has 0 aliphatic rings. The van der Waals surface area contributed by atoms with Crippen LogP contribution >= 0.6 is 0 Å². The molecule has 2 aromatic rings. The third-order valence-electron chi connectivity index (χ3n) is 3.49. The predicted molar refractivity (Wildman–Crippen MR) is 102 cm³/mol. The summed E-state index contributed by atoms with van der Waals surface area (Å²) in [6, 6.07) is 11.2. The van der Waals surface area contributed by atoms with E-state index in [0.29, 0.717) is 37.9 Å². The molecule has 0 amide bonds. The Morgan fingerprint density at radius 2 is 2.00 bits per heavy atom. The molecule has 1 heterocycles. The SMILES string of the molecule is CCOCCNC(=NC)NCc1ccc(Oc2cccc(OC)c2)nc1. The molecule has 7 heteroatoms. The van der Waals surface area contributed by atoms with Gasteiger partial charge in [0.25, 0.3) is 0 Å². The normalized spacial score (nSPS) is 11.1. The molecule has 0 radical (unpaired) electrons. The van der Waals surface area contributed by atoms with Crippen molar-refractivity contribution >= 4 is 5.96 Å². The minimum Gasteiger partial charge on any atom is -0.497 e. The second-order valence-corrected chi connectivity index (χ2v) is 5.34. The third kappa shape index (κ3) is 6.60. The molecule has 0 bridgehead atoms. The van der Waals surface area contributed by atoms with E-state index >= 15 is 0 Å². The molecule has 1 aromatic heterocycles.